The van der Waals surface area contributed by atoms with Crippen molar-refractivity contribution in [3.8, 4) is 0 Å². The van der Waals surface area contributed by atoms with Gasteiger partial charge in [0.2, 0.25) is 5.91 Å². The van der Waals surface area contributed by atoms with Crippen LogP contribution in [-0.4, -0.2) is 19.0 Å². The van der Waals surface area contributed by atoms with Gasteiger partial charge in [0.05, 0.1) is 16.6 Å². The molecule has 0 aliphatic carbocycles. The van der Waals surface area contributed by atoms with E-state index in [1.54, 1.807) is 12.1 Å². The number of amides is 1. The van der Waals surface area contributed by atoms with E-state index in [4.69, 9.17) is 23.2 Å². The lowest BCUT2D eigenvalue weighted by Crippen LogP contribution is -2.34. The number of likely N-dealkylation sites (N-methyl/N-ethyl adjacent to an activating group) is 1. The second-order valence-electron chi connectivity index (χ2n) is 3.73. The molecule has 0 spiro atoms. The molecule has 0 aliphatic rings. The Morgan fingerprint density at radius 2 is 2.06 bits per heavy atom. The van der Waals surface area contributed by atoms with E-state index in [2.05, 4.69) is 10.6 Å². The van der Waals surface area contributed by atoms with Gasteiger partial charge >= 0.3 is 0 Å². The van der Waals surface area contributed by atoms with Gasteiger partial charge in [-0.1, -0.05) is 29.3 Å². The first-order valence-corrected chi connectivity index (χ1v) is 6.25. The molecule has 0 heterocycles. The number of carbonyl (C=O) groups excluding carboxylic acids is 1. The Hall–Kier alpha value is -0.770. The zero-order chi connectivity index (χ0) is 12.8. The highest BCUT2D eigenvalue weighted by Crippen LogP contribution is 2.25. The van der Waals surface area contributed by atoms with Crippen LogP contribution in [-0.2, 0) is 4.79 Å². The first kappa shape index (κ1) is 14.3. The van der Waals surface area contributed by atoms with Crippen LogP contribution < -0.4 is 10.6 Å². The molecule has 0 radical (unpaired) electrons. The lowest BCUT2D eigenvalue weighted by atomic mass is 10.1. The minimum absolute atomic E-state index is 0.0144. The Morgan fingerprint density at radius 3 is 2.65 bits per heavy atom. The van der Waals surface area contributed by atoms with E-state index in [9.17, 15) is 4.79 Å². The number of nitrogens with one attached hydrogen (secondary N) is 2. The van der Waals surface area contributed by atoms with E-state index in [1.165, 1.54) is 0 Å². The number of hydrogen-bond acceptors (Lipinski definition) is 2. The fourth-order valence-electron chi connectivity index (χ4n) is 1.41. The minimum atomic E-state index is -0.0144. The monoisotopic (exact) mass is 274 g/mol. The molecule has 1 amide bonds. The number of hydrogen-bond donors (Lipinski definition) is 2. The van der Waals surface area contributed by atoms with Crippen molar-refractivity contribution in [2.45, 2.75) is 19.9 Å². The summed E-state index contributed by atoms with van der Waals surface area (Å²) in [5.74, 6) is -0.0144. The Bertz CT molecular complexity index is 396. The van der Waals surface area contributed by atoms with Crippen LogP contribution >= 0.6 is 23.2 Å². The molecule has 2 N–H and O–H groups in total. The van der Waals surface area contributed by atoms with Crippen molar-refractivity contribution in [2.24, 2.45) is 0 Å². The molecule has 5 heteroatoms. The van der Waals surface area contributed by atoms with Crippen LogP contribution in [0, 0.1) is 0 Å². The molecular weight excluding hydrogens is 259 g/mol. The molecule has 17 heavy (non-hydrogen) atoms. The van der Waals surface area contributed by atoms with Gasteiger partial charge in [0.1, 0.15) is 0 Å². The first-order chi connectivity index (χ1) is 8.04. The molecule has 1 aromatic rings. The van der Waals surface area contributed by atoms with E-state index in [0.29, 0.717) is 16.6 Å². The topological polar surface area (TPSA) is 41.1 Å². The first-order valence-electron chi connectivity index (χ1n) is 5.49. The average Bonchev–Trinajstić information content (AvgIpc) is 2.30. The van der Waals surface area contributed by atoms with E-state index < -0.39 is 0 Å². The maximum Gasteiger partial charge on any atom is 0.233 e. The minimum Gasteiger partial charge on any atom is -0.355 e. The van der Waals surface area contributed by atoms with Crippen LogP contribution in [0.4, 0.5) is 0 Å². The molecule has 0 aliphatic heterocycles. The number of benzene rings is 1. The number of rotatable bonds is 5. The third kappa shape index (κ3) is 4.54. The molecule has 0 saturated carbocycles. The van der Waals surface area contributed by atoms with E-state index in [-0.39, 0.29) is 18.5 Å². The number of carbonyl (C=O) groups is 1. The van der Waals surface area contributed by atoms with Crippen LogP contribution in [0.3, 0.4) is 0 Å². The summed E-state index contributed by atoms with van der Waals surface area (Å²) in [6.07, 6.45) is 0. The van der Waals surface area contributed by atoms with Gasteiger partial charge in [0, 0.05) is 12.6 Å². The molecule has 0 saturated heterocycles. The molecule has 1 atom stereocenters. The zero-order valence-electron chi connectivity index (χ0n) is 9.89. The Labute approximate surface area is 111 Å². The van der Waals surface area contributed by atoms with Gasteiger partial charge in [-0.05, 0) is 31.5 Å². The van der Waals surface area contributed by atoms with Crippen molar-refractivity contribution < 1.29 is 4.79 Å². The fraction of sp³-hybridized carbons (Fsp3) is 0.417. The summed E-state index contributed by atoms with van der Waals surface area (Å²) in [5.41, 5.74) is 1.00. The molecule has 94 valence electrons. The molecule has 1 aromatic carbocycles. The van der Waals surface area contributed by atoms with Crippen LogP contribution in [0.25, 0.3) is 0 Å². The molecule has 3 nitrogen and oxygen atoms in total. The van der Waals surface area contributed by atoms with Crippen LogP contribution in [0.15, 0.2) is 18.2 Å². The van der Waals surface area contributed by atoms with Crippen LogP contribution in [0.5, 0.6) is 0 Å². The SMILES string of the molecule is CCNC(=O)CNC(C)c1ccc(Cl)c(Cl)c1. The molecular formula is C12H16Cl2N2O. The van der Waals surface area contributed by atoms with Crippen molar-refractivity contribution in [2.75, 3.05) is 13.1 Å². The van der Waals surface area contributed by atoms with Gasteiger partial charge in [-0.3, -0.25) is 4.79 Å². The van der Waals surface area contributed by atoms with Crippen LogP contribution in [0.2, 0.25) is 10.0 Å². The Kier molecular flexibility index (Phi) is 5.75. The predicted molar refractivity (Wildman–Crippen MR) is 71.6 cm³/mol. The maximum atomic E-state index is 11.3. The van der Waals surface area contributed by atoms with Gasteiger partial charge in [-0.15, -0.1) is 0 Å². The maximum absolute atomic E-state index is 11.3. The summed E-state index contributed by atoms with van der Waals surface area (Å²) in [6, 6.07) is 5.50. The summed E-state index contributed by atoms with van der Waals surface area (Å²) in [7, 11) is 0. The van der Waals surface area contributed by atoms with Crippen molar-refractivity contribution in [3.63, 3.8) is 0 Å². The van der Waals surface area contributed by atoms with Gasteiger partial charge in [0.15, 0.2) is 0 Å². The third-order valence-electron chi connectivity index (χ3n) is 2.39. The molecule has 1 rings (SSSR count). The Balaban J connectivity index is 2.54. The molecule has 0 fully saturated rings. The van der Waals surface area contributed by atoms with Crippen molar-refractivity contribution in [1.29, 1.82) is 0 Å². The summed E-state index contributed by atoms with van der Waals surface area (Å²) in [4.78, 5) is 11.3. The van der Waals surface area contributed by atoms with E-state index >= 15 is 0 Å². The van der Waals surface area contributed by atoms with Crippen molar-refractivity contribution in [1.82, 2.24) is 10.6 Å². The Morgan fingerprint density at radius 1 is 1.35 bits per heavy atom. The second kappa shape index (κ2) is 6.84. The fourth-order valence-corrected chi connectivity index (χ4v) is 1.71. The summed E-state index contributed by atoms with van der Waals surface area (Å²) in [6.45, 7) is 4.79. The normalized spacial score (nSPS) is 12.2. The third-order valence-corrected chi connectivity index (χ3v) is 3.13. The lowest BCUT2D eigenvalue weighted by molar-refractivity contribution is -0.120. The quantitative estimate of drug-likeness (QED) is 0.867. The molecule has 0 bridgehead atoms. The van der Waals surface area contributed by atoms with Gasteiger partial charge < -0.3 is 10.6 Å². The molecule has 1 unspecified atom stereocenters. The van der Waals surface area contributed by atoms with Gasteiger partial charge in [-0.2, -0.15) is 0 Å². The average molecular weight is 275 g/mol. The highest BCUT2D eigenvalue weighted by molar-refractivity contribution is 6.42. The van der Waals surface area contributed by atoms with Crippen molar-refractivity contribution >= 4 is 29.1 Å². The largest absolute Gasteiger partial charge is 0.355 e. The number of halogens is 2. The standard InChI is InChI=1S/C12H16Cl2N2O/c1-3-15-12(17)7-16-8(2)9-4-5-10(13)11(14)6-9/h4-6,8,16H,3,7H2,1-2H3,(H,15,17). The van der Waals surface area contributed by atoms with Gasteiger partial charge in [-0.25, -0.2) is 0 Å². The lowest BCUT2D eigenvalue weighted by Gasteiger charge is -2.14. The summed E-state index contributed by atoms with van der Waals surface area (Å²) < 4.78 is 0. The van der Waals surface area contributed by atoms with Crippen molar-refractivity contribution in [3.05, 3.63) is 33.8 Å². The van der Waals surface area contributed by atoms with Gasteiger partial charge in [0.25, 0.3) is 0 Å². The highest BCUT2D eigenvalue weighted by atomic mass is 35.5. The summed E-state index contributed by atoms with van der Waals surface area (Å²) in [5, 5.41) is 6.90. The smallest absolute Gasteiger partial charge is 0.233 e. The van der Waals surface area contributed by atoms with E-state index in [1.807, 2.05) is 19.9 Å². The second-order valence-corrected chi connectivity index (χ2v) is 4.54. The van der Waals surface area contributed by atoms with E-state index in [0.717, 1.165) is 5.56 Å². The molecule has 0 aromatic heterocycles. The predicted octanol–water partition coefficient (Wildman–Crippen LogP) is 2.78. The van der Waals surface area contributed by atoms with Crippen LogP contribution in [0.1, 0.15) is 25.5 Å². The highest BCUT2D eigenvalue weighted by Gasteiger charge is 2.08. The summed E-state index contributed by atoms with van der Waals surface area (Å²) >= 11 is 11.8. The zero-order valence-corrected chi connectivity index (χ0v) is 11.4.